The highest BCUT2D eigenvalue weighted by Gasteiger charge is 2.04. The molecule has 1 heterocycles. The van der Waals surface area contributed by atoms with Gasteiger partial charge < -0.3 is 4.74 Å². The Morgan fingerprint density at radius 3 is 2.47 bits per heavy atom. The van der Waals surface area contributed by atoms with Crippen LogP contribution >= 0.6 is 0 Å². The molecule has 0 unspecified atom stereocenters. The first-order valence-corrected chi connectivity index (χ1v) is 5.17. The summed E-state index contributed by atoms with van der Waals surface area (Å²) >= 11 is 0. The molecule has 15 heavy (non-hydrogen) atoms. The highest BCUT2D eigenvalue weighted by Crippen LogP contribution is 1.97. The van der Waals surface area contributed by atoms with E-state index in [9.17, 15) is 4.79 Å². The molecular formula is C11H18N2O2. The fourth-order valence-corrected chi connectivity index (χ4v) is 0.881. The average molecular weight is 210 g/mol. The van der Waals surface area contributed by atoms with E-state index < -0.39 is 0 Å². The predicted octanol–water partition coefficient (Wildman–Crippen LogP) is 1.92. The van der Waals surface area contributed by atoms with Gasteiger partial charge in [-0.1, -0.05) is 13.8 Å². The van der Waals surface area contributed by atoms with Crippen molar-refractivity contribution in [1.82, 2.24) is 10.2 Å². The molecule has 0 aliphatic heterocycles. The number of nitrogens with zero attached hydrogens (tertiary/aromatic N) is 2. The second-order valence-corrected chi connectivity index (χ2v) is 2.65. The van der Waals surface area contributed by atoms with E-state index in [1.807, 2.05) is 26.8 Å². The fraction of sp³-hybridized carbons (Fsp3) is 0.545. The summed E-state index contributed by atoms with van der Waals surface area (Å²) in [5.74, 6) is -0.263. The molecule has 0 amide bonds. The molecule has 0 saturated heterocycles. The minimum atomic E-state index is -0.263. The third-order valence-corrected chi connectivity index (χ3v) is 1.48. The number of aryl methyl sites for hydroxylation is 1. The van der Waals surface area contributed by atoms with Gasteiger partial charge in [0.25, 0.3) is 0 Å². The van der Waals surface area contributed by atoms with Gasteiger partial charge in [-0.25, -0.2) is 0 Å². The fourth-order valence-electron chi connectivity index (χ4n) is 0.881. The highest BCUT2D eigenvalue weighted by atomic mass is 16.5. The minimum absolute atomic E-state index is 0.196. The molecule has 0 atom stereocenters. The number of carbonyl (C=O) groups is 1. The van der Waals surface area contributed by atoms with E-state index >= 15 is 0 Å². The maximum absolute atomic E-state index is 11.0. The van der Waals surface area contributed by atoms with Crippen LogP contribution in [0.4, 0.5) is 0 Å². The third-order valence-electron chi connectivity index (χ3n) is 1.48. The summed E-state index contributed by atoms with van der Waals surface area (Å²) in [7, 11) is 0. The highest BCUT2D eigenvalue weighted by molar-refractivity contribution is 5.71. The summed E-state index contributed by atoms with van der Waals surface area (Å²) in [5, 5.41) is 7.68. The van der Waals surface area contributed by atoms with Crippen LogP contribution in [-0.4, -0.2) is 22.8 Å². The Labute approximate surface area is 90.7 Å². The Balaban J connectivity index is 0.000000921. The zero-order valence-corrected chi connectivity index (χ0v) is 9.78. The van der Waals surface area contributed by atoms with Crippen molar-refractivity contribution in [2.75, 3.05) is 6.61 Å². The first-order valence-electron chi connectivity index (χ1n) is 5.17. The van der Waals surface area contributed by atoms with Crippen molar-refractivity contribution < 1.29 is 9.53 Å². The van der Waals surface area contributed by atoms with Gasteiger partial charge in [-0.3, -0.25) is 4.79 Å². The Kier molecular flexibility index (Phi) is 7.14. The van der Waals surface area contributed by atoms with Crippen LogP contribution in [0.3, 0.4) is 0 Å². The third kappa shape index (κ3) is 5.78. The molecule has 4 nitrogen and oxygen atoms in total. The minimum Gasteiger partial charge on any atom is -0.466 e. The molecule has 1 aromatic heterocycles. The van der Waals surface area contributed by atoms with Crippen LogP contribution in [-0.2, 0) is 16.0 Å². The summed E-state index contributed by atoms with van der Waals surface area (Å²) in [5.41, 5.74) is 1.48. The zero-order valence-electron chi connectivity index (χ0n) is 9.78. The van der Waals surface area contributed by atoms with Crippen molar-refractivity contribution >= 4 is 5.97 Å². The van der Waals surface area contributed by atoms with Gasteiger partial charge in [0.05, 0.1) is 24.4 Å². The van der Waals surface area contributed by atoms with Crippen LogP contribution in [0.2, 0.25) is 0 Å². The number of aromatic nitrogens is 2. The molecular weight excluding hydrogens is 192 g/mol. The number of carbonyl (C=O) groups excluding carboxylic acids is 1. The van der Waals surface area contributed by atoms with Gasteiger partial charge in [0.15, 0.2) is 0 Å². The Morgan fingerprint density at radius 1 is 1.33 bits per heavy atom. The number of hydrogen-bond acceptors (Lipinski definition) is 4. The predicted molar refractivity (Wildman–Crippen MR) is 58.5 cm³/mol. The Morgan fingerprint density at radius 2 is 2.00 bits per heavy atom. The van der Waals surface area contributed by atoms with Gasteiger partial charge in [0, 0.05) is 0 Å². The van der Waals surface area contributed by atoms with Gasteiger partial charge >= 0.3 is 5.97 Å². The van der Waals surface area contributed by atoms with Crippen LogP contribution in [0.15, 0.2) is 12.1 Å². The molecule has 4 heteroatoms. The topological polar surface area (TPSA) is 52.1 Å². The van der Waals surface area contributed by atoms with Gasteiger partial charge in [-0.15, -0.1) is 0 Å². The quantitative estimate of drug-likeness (QED) is 0.715. The number of ether oxygens (including phenoxy) is 1. The van der Waals surface area contributed by atoms with E-state index in [-0.39, 0.29) is 12.4 Å². The lowest BCUT2D eigenvalue weighted by Gasteiger charge is -2.00. The van der Waals surface area contributed by atoms with Crippen molar-refractivity contribution in [3.05, 3.63) is 23.5 Å². The van der Waals surface area contributed by atoms with Crippen molar-refractivity contribution in [3.8, 4) is 0 Å². The molecule has 0 bridgehead atoms. The molecule has 0 saturated carbocycles. The Bertz CT molecular complexity index is 283. The first kappa shape index (κ1) is 13.5. The summed E-state index contributed by atoms with van der Waals surface area (Å²) in [6, 6.07) is 3.60. The standard InChI is InChI=1S/C9H12N2O2.C2H6/c1-3-13-9(12)6-8-5-4-7(2)10-11-8;1-2/h4-5H,3,6H2,1-2H3;1-2H3. The van der Waals surface area contributed by atoms with E-state index in [1.165, 1.54) is 0 Å². The number of rotatable bonds is 3. The van der Waals surface area contributed by atoms with Crippen molar-refractivity contribution in [1.29, 1.82) is 0 Å². The molecule has 0 aromatic carbocycles. The molecule has 84 valence electrons. The molecule has 0 aliphatic rings. The lowest BCUT2D eigenvalue weighted by atomic mass is 10.3. The molecule has 0 N–H and O–H groups in total. The Hall–Kier alpha value is -1.45. The zero-order chi connectivity index (χ0) is 11.7. The van der Waals surface area contributed by atoms with Crippen LogP contribution < -0.4 is 0 Å². The normalized spacial score (nSPS) is 8.80. The largest absolute Gasteiger partial charge is 0.466 e. The van der Waals surface area contributed by atoms with E-state index in [0.29, 0.717) is 12.3 Å². The van der Waals surface area contributed by atoms with E-state index in [2.05, 4.69) is 10.2 Å². The van der Waals surface area contributed by atoms with Crippen LogP contribution in [0.25, 0.3) is 0 Å². The lowest BCUT2D eigenvalue weighted by molar-refractivity contribution is -0.142. The van der Waals surface area contributed by atoms with E-state index in [4.69, 9.17) is 4.74 Å². The average Bonchev–Trinajstić information content (AvgIpc) is 2.25. The molecule has 0 aliphatic carbocycles. The SMILES string of the molecule is CC.CCOC(=O)Cc1ccc(C)nn1. The van der Waals surface area contributed by atoms with Crippen LogP contribution in [0.5, 0.6) is 0 Å². The van der Waals surface area contributed by atoms with Crippen LogP contribution in [0, 0.1) is 6.92 Å². The summed E-state index contributed by atoms with van der Waals surface area (Å²) in [4.78, 5) is 11.0. The summed E-state index contributed by atoms with van der Waals surface area (Å²) < 4.78 is 4.77. The maximum Gasteiger partial charge on any atom is 0.311 e. The molecule has 1 rings (SSSR count). The first-order chi connectivity index (χ1) is 7.22. The number of esters is 1. The van der Waals surface area contributed by atoms with Crippen molar-refractivity contribution in [2.45, 2.75) is 34.1 Å². The summed E-state index contributed by atoms with van der Waals surface area (Å²) in [6.07, 6.45) is 0.196. The second kappa shape index (κ2) is 7.91. The summed E-state index contributed by atoms with van der Waals surface area (Å²) in [6.45, 7) is 8.03. The second-order valence-electron chi connectivity index (χ2n) is 2.65. The molecule has 0 radical (unpaired) electrons. The monoisotopic (exact) mass is 210 g/mol. The molecule has 1 aromatic rings. The smallest absolute Gasteiger partial charge is 0.311 e. The molecule has 0 spiro atoms. The van der Waals surface area contributed by atoms with Gasteiger partial charge in [0.2, 0.25) is 0 Å². The lowest BCUT2D eigenvalue weighted by Crippen LogP contribution is -2.09. The van der Waals surface area contributed by atoms with Gasteiger partial charge in [-0.05, 0) is 26.0 Å². The van der Waals surface area contributed by atoms with E-state index in [1.54, 1.807) is 13.0 Å². The van der Waals surface area contributed by atoms with Crippen LogP contribution in [0.1, 0.15) is 32.2 Å². The van der Waals surface area contributed by atoms with Crippen molar-refractivity contribution in [3.63, 3.8) is 0 Å². The van der Waals surface area contributed by atoms with Gasteiger partial charge in [0.1, 0.15) is 0 Å². The maximum atomic E-state index is 11.0. The number of hydrogen-bond donors (Lipinski definition) is 0. The van der Waals surface area contributed by atoms with Crippen molar-refractivity contribution in [2.24, 2.45) is 0 Å². The molecule has 0 fully saturated rings. The van der Waals surface area contributed by atoms with Gasteiger partial charge in [-0.2, -0.15) is 10.2 Å². The van der Waals surface area contributed by atoms with E-state index in [0.717, 1.165) is 5.69 Å².